The molecule has 5 heteroatoms. The molecule has 1 amide bonds. The molecule has 0 bridgehead atoms. The predicted molar refractivity (Wildman–Crippen MR) is 67.4 cm³/mol. The van der Waals surface area contributed by atoms with Gasteiger partial charge in [-0.25, -0.2) is 4.39 Å². The third-order valence-electron chi connectivity index (χ3n) is 3.02. The van der Waals surface area contributed by atoms with E-state index in [0.717, 1.165) is 0 Å². The fourth-order valence-corrected chi connectivity index (χ4v) is 1.98. The van der Waals surface area contributed by atoms with Crippen LogP contribution in [0, 0.1) is 5.82 Å². The summed E-state index contributed by atoms with van der Waals surface area (Å²) in [6.45, 7) is 2.63. The second-order valence-electron chi connectivity index (χ2n) is 4.02. The van der Waals surface area contributed by atoms with Crippen molar-refractivity contribution >= 4 is 5.91 Å². The quantitative estimate of drug-likeness (QED) is 0.717. The molecule has 1 aromatic carbocycles. The highest BCUT2D eigenvalue weighted by molar-refractivity contribution is 5.86. The number of amides is 1. The van der Waals surface area contributed by atoms with Gasteiger partial charge in [0.1, 0.15) is 11.4 Å². The van der Waals surface area contributed by atoms with Crippen molar-refractivity contribution in [2.75, 3.05) is 20.3 Å². The highest BCUT2D eigenvalue weighted by atomic mass is 19.1. The van der Waals surface area contributed by atoms with Gasteiger partial charge < -0.3 is 10.5 Å². The Kier molecular flexibility index (Phi) is 5.25. The number of primary amides is 1. The lowest BCUT2D eigenvalue weighted by Gasteiger charge is -2.31. The minimum absolute atomic E-state index is 0.274. The third kappa shape index (κ3) is 2.86. The topological polar surface area (TPSA) is 64.3 Å². The number of hydrogen-bond donors (Lipinski definition) is 2. The zero-order valence-electron chi connectivity index (χ0n) is 10.7. The molecule has 0 radical (unpaired) electrons. The van der Waals surface area contributed by atoms with Crippen molar-refractivity contribution in [3.63, 3.8) is 0 Å². The summed E-state index contributed by atoms with van der Waals surface area (Å²) < 4.78 is 18.8. The lowest BCUT2D eigenvalue weighted by molar-refractivity contribution is -0.125. The Morgan fingerprint density at radius 2 is 2.17 bits per heavy atom. The van der Waals surface area contributed by atoms with Gasteiger partial charge in [0.25, 0.3) is 0 Å². The second kappa shape index (κ2) is 6.47. The molecular formula is C13H19FN2O2. The second-order valence-corrected chi connectivity index (χ2v) is 4.02. The van der Waals surface area contributed by atoms with Gasteiger partial charge in [-0.1, -0.05) is 25.1 Å². The van der Waals surface area contributed by atoms with Crippen LogP contribution >= 0.6 is 0 Å². The Morgan fingerprint density at radius 3 is 2.67 bits per heavy atom. The van der Waals surface area contributed by atoms with Gasteiger partial charge in [-0.05, 0) is 12.5 Å². The van der Waals surface area contributed by atoms with Crippen molar-refractivity contribution in [3.05, 3.63) is 35.6 Å². The first-order chi connectivity index (χ1) is 8.58. The Balaban J connectivity index is 3.11. The maximum Gasteiger partial charge on any atom is 0.242 e. The van der Waals surface area contributed by atoms with E-state index in [0.29, 0.717) is 19.6 Å². The molecule has 0 spiro atoms. The molecule has 0 aliphatic heterocycles. The fraction of sp³-hybridized carbons (Fsp3) is 0.462. The monoisotopic (exact) mass is 254 g/mol. The van der Waals surface area contributed by atoms with E-state index in [1.54, 1.807) is 32.2 Å². The standard InChI is InChI=1S/C13H19FN2O2/c1-3-13(12(15)17,16-8-9-18-2)10-6-4-5-7-11(10)14/h4-7,16H,3,8-9H2,1-2H3,(H2,15,17). The zero-order chi connectivity index (χ0) is 13.6. The number of halogens is 1. The molecule has 1 atom stereocenters. The minimum Gasteiger partial charge on any atom is -0.383 e. The highest BCUT2D eigenvalue weighted by Crippen LogP contribution is 2.27. The van der Waals surface area contributed by atoms with Gasteiger partial charge in [-0.15, -0.1) is 0 Å². The first-order valence-corrected chi connectivity index (χ1v) is 5.87. The van der Waals surface area contributed by atoms with Crippen molar-refractivity contribution in [1.29, 1.82) is 0 Å². The predicted octanol–water partition coefficient (Wildman–Crippen LogP) is 1.15. The SMILES string of the molecule is CCC(NCCOC)(C(N)=O)c1ccccc1F. The molecular weight excluding hydrogens is 235 g/mol. The number of benzene rings is 1. The summed E-state index contributed by atoms with van der Waals surface area (Å²) in [5.74, 6) is -1.03. The first kappa shape index (κ1) is 14.6. The van der Waals surface area contributed by atoms with Gasteiger partial charge in [0, 0.05) is 19.2 Å². The Hall–Kier alpha value is -1.46. The van der Waals surface area contributed by atoms with Crippen LogP contribution in [0.1, 0.15) is 18.9 Å². The number of methoxy groups -OCH3 is 1. The van der Waals surface area contributed by atoms with Gasteiger partial charge in [-0.3, -0.25) is 10.1 Å². The van der Waals surface area contributed by atoms with E-state index in [4.69, 9.17) is 10.5 Å². The first-order valence-electron chi connectivity index (χ1n) is 5.87. The molecule has 0 heterocycles. The largest absolute Gasteiger partial charge is 0.383 e. The van der Waals surface area contributed by atoms with E-state index >= 15 is 0 Å². The Bertz CT molecular complexity index is 412. The van der Waals surface area contributed by atoms with E-state index in [1.165, 1.54) is 6.07 Å². The summed E-state index contributed by atoms with van der Waals surface area (Å²) in [6, 6.07) is 6.16. The highest BCUT2D eigenvalue weighted by Gasteiger charge is 2.38. The van der Waals surface area contributed by atoms with E-state index in [9.17, 15) is 9.18 Å². The molecule has 0 aliphatic rings. The molecule has 0 saturated carbocycles. The lowest BCUT2D eigenvalue weighted by atomic mass is 9.86. The molecule has 0 fully saturated rings. The van der Waals surface area contributed by atoms with Crippen molar-refractivity contribution in [2.24, 2.45) is 5.73 Å². The van der Waals surface area contributed by atoms with Crippen molar-refractivity contribution < 1.29 is 13.9 Å². The van der Waals surface area contributed by atoms with Crippen molar-refractivity contribution in [1.82, 2.24) is 5.32 Å². The molecule has 0 aromatic heterocycles. The summed E-state index contributed by atoms with van der Waals surface area (Å²) in [5.41, 5.74) is 4.54. The molecule has 1 unspecified atom stereocenters. The number of hydrogen-bond acceptors (Lipinski definition) is 3. The van der Waals surface area contributed by atoms with E-state index in [-0.39, 0.29) is 5.56 Å². The summed E-state index contributed by atoms with van der Waals surface area (Å²) in [6.07, 6.45) is 0.368. The lowest BCUT2D eigenvalue weighted by Crippen LogP contribution is -2.53. The fourth-order valence-electron chi connectivity index (χ4n) is 1.98. The van der Waals surface area contributed by atoms with Gasteiger partial charge in [0.15, 0.2) is 0 Å². The van der Waals surface area contributed by atoms with Crippen LogP contribution in [-0.2, 0) is 15.1 Å². The van der Waals surface area contributed by atoms with Crippen LogP contribution in [0.25, 0.3) is 0 Å². The molecule has 3 N–H and O–H groups in total. The maximum atomic E-state index is 13.9. The number of carbonyl (C=O) groups excluding carboxylic acids is 1. The normalized spacial score (nSPS) is 14.2. The molecule has 100 valence electrons. The zero-order valence-corrected chi connectivity index (χ0v) is 10.7. The molecule has 0 aliphatic carbocycles. The van der Waals surface area contributed by atoms with Crippen LogP contribution in [0.4, 0.5) is 4.39 Å². The Morgan fingerprint density at radius 1 is 1.50 bits per heavy atom. The maximum absolute atomic E-state index is 13.9. The van der Waals surface area contributed by atoms with Gasteiger partial charge in [0.05, 0.1) is 6.61 Å². The molecule has 18 heavy (non-hydrogen) atoms. The van der Waals surface area contributed by atoms with E-state index in [2.05, 4.69) is 5.32 Å². The average molecular weight is 254 g/mol. The van der Waals surface area contributed by atoms with Crippen LogP contribution in [0.5, 0.6) is 0 Å². The Labute approximate surface area is 106 Å². The van der Waals surface area contributed by atoms with Crippen LogP contribution in [0.15, 0.2) is 24.3 Å². The molecule has 0 saturated heterocycles. The van der Waals surface area contributed by atoms with Gasteiger partial charge in [-0.2, -0.15) is 0 Å². The van der Waals surface area contributed by atoms with Gasteiger partial charge in [0.2, 0.25) is 5.91 Å². The van der Waals surface area contributed by atoms with E-state index in [1.807, 2.05) is 0 Å². The average Bonchev–Trinajstić information content (AvgIpc) is 2.36. The minimum atomic E-state index is -1.19. The smallest absolute Gasteiger partial charge is 0.242 e. The van der Waals surface area contributed by atoms with Crippen LogP contribution < -0.4 is 11.1 Å². The van der Waals surface area contributed by atoms with Crippen LogP contribution in [0.3, 0.4) is 0 Å². The molecule has 1 aromatic rings. The summed E-state index contributed by atoms with van der Waals surface area (Å²) >= 11 is 0. The van der Waals surface area contributed by atoms with Crippen molar-refractivity contribution in [3.8, 4) is 0 Å². The molecule has 1 rings (SSSR count). The third-order valence-corrected chi connectivity index (χ3v) is 3.02. The van der Waals surface area contributed by atoms with Crippen molar-refractivity contribution in [2.45, 2.75) is 18.9 Å². The number of nitrogens with one attached hydrogen (secondary N) is 1. The van der Waals surface area contributed by atoms with Crippen LogP contribution in [-0.4, -0.2) is 26.2 Å². The molecule has 4 nitrogen and oxygen atoms in total. The van der Waals surface area contributed by atoms with Gasteiger partial charge >= 0.3 is 0 Å². The van der Waals surface area contributed by atoms with E-state index < -0.39 is 17.3 Å². The number of nitrogens with two attached hydrogens (primary N) is 1. The summed E-state index contributed by atoms with van der Waals surface area (Å²) in [5, 5.41) is 3.00. The van der Waals surface area contributed by atoms with Crippen LogP contribution in [0.2, 0.25) is 0 Å². The summed E-state index contributed by atoms with van der Waals surface area (Å²) in [4.78, 5) is 11.8. The number of carbonyl (C=O) groups is 1. The number of ether oxygens (including phenoxy) is 1. The number of rotatable bonds is 7. The summed E-state index contributed by atoms with van der Waals surface area (Å²) in [7, 11) is 1.56.